The van der Waals surface area contributed by atoms with Crippen molar-refractivity contribution >= 4 is 29.1 Å². The number of benzene rings is 1. The quantitative estimate of drug-likeness (QED) is 0.905. The van der Waals surface area contributed by atoms with Gasteiger partial charge in [0.2, 0.25) is 11.8 Å². The van der Waals surface area contributed by atoms with Gasteiger partial charge in [0.25, 0.3) is 0 Å². The van der Waals surface area contributed by atoms with Crippen LogP contribution in [0.25, 0.3) is 0 Å². The summed E-state index contributed by atoms with van der Waals surface area (Å²) in [5, 5.41) is 2.35. The van der Waals surface area contributed by atoms with E-state index in [2.05, 4.69) is 5.32 Å². The van der Waals surface area contributed by atoms with E-state index in [1.54, 1.807) is 0 Å². The average molecular weight is 349 g/mol. The monoisotopic (exact) mass is 348 g/mol. The topological polar surface area (TPSA) is 49.4 Å². The number of rotatable bonds is 3. The minimum atomic E-state index is -4.52. The molecule has 1 heterocycles. The molecule has 0 spiro atoms. The molecule has 4 nitrogen and oxygen atoms in total. The van der Waals surface area contributed by atoms with Gasteiger partial charge in [0, 0.05) is 13.0 Å². The fraction of sp³-hybridized carbons (Fsp3) is 0.467. The molecule has 0 aliphatic carbocycles. The molecule has 0 bridgehead atoms. The molecule has 1 aliphatic rings. The molecule has 0 radical (unpaired) electrons. The molecule has 2 amide bonds. The summed E-state index contributed by atoms with van der Waals surface area (Å²) in [7, 11) is 0. The minimum Gasteiger partial charge on any atom is -0.333 e. The number of likely N-dealkylation sites (tertiary alicyclic amines) is 1. The van der Waals surface area contributed by atoms with Gasteiger partial charge in [-0.05, 0) is 31.0 Å². The smallest absolute Gasteiger partial charge is 0.333 e. The van der Waals surface area contributed by atoms with Crippen LogP contribution < -0.4 is 5.32 Å². The molecule has 1 aliphatic heterocycles. The van der Waals surface area contributed by atoms with E-state index in [9.17, 15) is 22.8 Å². The maximum atomic E-state index is 12.7. The van der Waals surface area contributed by atoms with Crippen molar-refractivity contribution in [2.24, 2.45) is 0 Å². The summed E-state index contributed by atoms with van der Waals surface area (Å²) in [4.78, 5) is 25.3. The predicted molar refractivity (Wildman–Crippen MR) is 80.1 cm³/mol. The van der Waals surface area contributed by atoms with Crippen LogP contribution in [-0.4, -0.2) is 29.8 Å². The number of nitrogens with one attached hydrogen (secondary N) is 1. The van der Waals surface area contributed by atoms with E-state index in [0.717, 1.165) is 37.5 Å². The van der Waals surface area contributed by atoms with E-state index >= 15 is 0 Å². The predicted octanol–water partition coefficient (Wildman–Crippen LogP) is 3.70. The lowest BCUT2D eigenvalue weighted by molar-refractivity contribution is -0.137. The molecule has 1 N–H and O–H groups in total. The third-order valence-electron chi connectivity index (χ3n) is 3.57. The zero-order valence-electron chi connectivity index (χ0n) is 12.3. The van der Waals surface area contributed by atoms with Crippen molar-refractivity contribution in [3.63, 3.8) is 0 Å². The van der Waals surface area contributed by atoms with Gasteiger partial charge in [-0.25, -0.2) is 0 Å². The zero-order chi connectivity index (χ0) is 17.0. The van der Waals surface area contributed by atoms with E-state index in [4.69, 9.17) is 11.6 Å². The highest BCUT2D eigenvalue weighted by molar-refractivity contribution is 6.33. The van der Waals surface area contributed by atoms with Gasteiger partial charge in [0.15, 0.2) is 0 Å². The van der Waals surface area contributed by atoms with Gasteiger partial charge in [-0.2, -0.15) is 13.2 Å². The van der Waals surface area contributed by atoms with Crippen LogP contribution in [0, 0.1) is 0 Å². The first kappa shape index (κ1) is 17.6. The molecule has 8 heteroatoms. The number of hydrogen-bond acceptors (Lipinski definition) is 2. The van der Waals surface area contributed by atoms with E-state index in [-0.39, 0.29) is 23.2 Å². The van der Waals surface area contributed by atoms with Crippen molar-refractivity contribution < 1.29 is 22.8 Å². The SMILES string of the molecule is O=C(CN1CCCCCC1=O)Nc1cc(C(F)(F)F)ccc1Cl. The fourth-order valence-corrected chi connectivity index (χ4v) is 2.53. The van der Waals surface area contributed by atoms with Gasteiger partial charge >= 0.3 is 6.18 Å². The lowest BCUT2D eigenvalue weighted by atomic mass is 10.2. The van der Waals surface area contributed by atoms with Crippen LogP contribution in [-0.2, 0) is 15.8 Å². The van der Waals surface area contributed by atoms with Crippen LogP contribution in [0.15, 0.2) is 18.2 Å². The van der Waals surface area contributed by atoms with Crippen LogP contribution >= 0.6 is 11.6 Å². The summed E-state index contributed by atoms with van der Waals surface area (Å²) in [6.07, 6.45) is -1.62. The number of anilines is 1. The van der Waals surface area contributed by atoms with Crippen LogP contribution in [0.4, 0.5) is 18.9 Å². The first-order chi connectivity index (χ1) is 10.8. The normalized spacial score (nSPS) is 16.2. The first-order valence-corrected chi connectivity index (χ1v) is 7.59. The molecule has 0 unspecified atom stereocenters. The second-order valence-electron chi connectivity index (χ2n) is 5.37. The van der Waals surface area contributed by atoms with E-state index < -0.39 is 17.6 Å². The fourth-order valence-electron chi connectivity index (χ4n) is 2.37. The highest BCUT2D eigenvalue weighted by Crippen LogP contribution is 2.33. The Balaban J connectivity index is 2.06. The molecule has 1 aromatic rings. The number of halogens is 4. The Bertz CT molecular complexity index is 605. The van der Waals surface area contributed by atoms with Gasteiger partial charge in [0.05, 0.1) is 22.8 Å². The van der Waals surface area contributed by atoms with Crippen LogP contribution in [0.3, 0.4) is 0 Å². The molecule has 0 saturated carbocycles. The first-order valence-electron chi connectivity index (χ1n) is 7.22. The molecule has 126 valence electrons. The summed E-state index contributed by atoms with van der Waals surface area (Å²) < 4.78 is 38.1. The summed E-state index contributed by atoms with van der Waals surface area (Å²) >= 11 is 5.83. The molecule has 2 rings (SSSR count). The molecule has 23 heavy (non-hydrogen) atoms. The lowest BCUT2D eigenvalue weighted by Gasteiger charge is -2.20. The number of carbonyl (C=O) groups excluding carboxylic acids is 2. The van der Waals surface area contributed by atoms with Gasteiger partial charge in [-0.1, -0.05) is 18.0 Å². The molecule has 1 fully saturated rings. The van der Waals surface area contributed by atoms with Crippen molar-refractivity contribution in [2.45, 2.75) is 31.9 Å². The van der Waals surface area contributed by atoms with Gasteiger partial charge in [-0.15, -0.1) is 0 Å². The Hall–Kier alpha value is -1.76. The van der Waals surface area contributed by atoms with Crippen molar-refractivity contribution in [3.05, 3.63) is 28.8 Å². The Morgan fingerprint density at radius 1 is 1.26 bits per heavy atom. The molecular formula is C15H16ClF3N2O2. The third kappa shape index (κ3) is 4.86. The van der Waals surface area contributed by atoms with E-state index in [0.29, 0.717) is 13.0 Å². The molecule has 1 aromatic carbocycles. The van der Waals surface area contributed by atoms with E-state index in [1.165, 1.54) is 4.90 Å². The second kappa shape index (κ2) is 7.21. The highest BCUT2D eigenvalue weighted by Gasteiger charge is 2.31. The van der Waals surface area contributed by atoms with Gasteiger partial charge < -0.3 is 10.2 Å². The maximum absolute atomic E-state index is 12.7. The third-order valence-corrected chi connectivity index (χ3v) is 3.90. The number of amides is 2. The highest BCUT2D eigenvalue weighted by atomic mass is 35.5. The Labute approximate surface area is 136 Å². The van der Waals surface area contributed by atoms with Crippen molar-refractivity contribution in [1.82, 2.24) is 4.90 Å². The summed E-state index contributed by atoms with van der Waals surface area (Å²) in [6.45, 7) is 0.286. The zero-order valence-corrected chi connectivity index (χ0v) is 13.0. The number of alkyl halides is 3. The van der Waals surface area contributed by atoms with Crippen molar-refractivity contribution in [3.8, 4) is 0 Å². The Morgan fingerprint density at radius 2 is 2.00 bits per heavy atom. The maximum Gasteiger partial charge on any atom is 0.416 e. The van der Waals surface area contributed by atoms with Gasteiger partial charge in [0.1, 0.15) is 0 Å². The van der Waals surface area contributed by atoms with Gasteiger partial charge in [-0.3, -0.25) is 9.59 Å². The molecule has 0 aromatic heterocycles. The number of nitrogens with zero attached hydrogens (tertiary/aromatic N) is 1. The number of carbonyl (C=O) groups is 2. The van der Waals surface area contributed by atoms with Crippen molar-refractivity contribution in [1.29, 1.82) is 0 Å². The minimum absolute atomic E-state index is 0.00791. The molecule has 1 saturated heterocycles. The Morgan fingerprint density at radius 3 is 2.70 bits per heavy atom. The lowest BCUT2D eigenvalue weighted by Crippen LogP contribution is -2.37. The molecule has 0 atom stereocenters. The molecular weight excluding hydrogens is 333 g/mol. The van der Waals surface area contributed by atoms with Crippen molar-refractivity contribution in [2.75, 3.05) is 18.4 Å². The summed E-state index contributed by atoms with van der Waals surface area (Å²) in [5.74, 6) is -0.686. The van der Waals surface area contributed by atoms with E-state index in [1.807, 2.05) is 0 Å². The second-order valence-corrected chi connectivity index (χ2v) is 5.77. The summed E-state index contributed by atoms with van der Waals surface area (Å²) in [6, 6.07) is 2.71. The number of hydrogen-bond donors (Lipinski definition) is 1. The Kier molecular flexibility index (Phi) is 5.51. The van der Waals surface area contributed by atoms with Crippen LogP contribution in [0.2, 0.25) is 5.02 Å². The average Bonchev–Trinajstić information content (AvgIpc) is 2.65. The largest absolute Gasteiger partial charge is 0.416 e. The summed E-state index contributed by atoms with van der Waals surface area (Å²) in [5.41, 5.74) is -1.02. The standard InChI is InChI=1S/C15H16ClF3N2O2/c16-11-6-5-10(15(17,18)19)8-12(11)20-13(22)9-21-7-3-1-2-4-14(21)23/h5-6,8H,1-4,7,9H2,(H,20,22). The van der Waals surface area contributed by atoms with Crippen LogP contribution in [0.1, 0.15) is 31.2 Å². The van der Waals surface area contributed by atoms with Crippen LogP contribution in [0.5, 0.6) is 0 Å².